The van der Waals surface area contributed by atoms with Crippen molar-refractivity contribution >= 4 is 23.5 Å². The molecule has 0 bridgehead atoms. The Balaban J connectivity index is 2.16. The second kappa shape index (κ2) is 8.01. The highest BCUT2D eigenvalue weighted by atomic mass is 16.5. The van der Waals surface area contributed by atoms with Crippen molar-refractivity contribution < 1.29 is 33.8 Å². The van der Waals surface area contributed by atoms with Gasteiger partial charge in [0, 0.05) is 36.3 Å². The van der Waals surface area contributed by atoms with Crippen LogP contribution in [0.5, 0.6) is 0 Å². The van der Waals surface area contributed by atoms with Crippen LogP contribution in [0.2, 0.25) is 0 Å². The lowest BCUT2D eigenvalue weighted by molar-refractivity contribution is -0.143. The molecule has 0 aromatic carbocycles. The van der Waals surface area contributed by atoms with Gasteiger partial charge >= 0.3 is 11.9 Å². The van der Waals surface area contributed by atoms with Crippen LogP contribution in [0.15, 0.2) is 22.5 Å². The molecule has 0 saturated heterocycles. The molecule has 0 aromatic heterocycles. The smallest absolute Gasteiger partial charge is 0.308 e. The average molecular weight is 433 g/mol. The molecule has 3 aliphatic rings. The lowest BCUT2D eigenvalue weighted by Crippen LogP contribution is -2.53. The summed E-state index contributed by atoms with van der Waals surface area (Å²) in [5.74, 6) is -3.21. The molecule has 0 aliphatic heterocycles. The molecule has 1 fully saturated rings. The molecule has 0 aromatic rings. The Bertz CT molecular complexity index is 907. The summed E-state index contributed by atoms with van der Waals surface area (Å²) in [6.45, 7) is 10.2. The highest BCUT2D eigenvalue weighted by Gasteiger charge is 2.58. The van der Waals surface area contributed by atoms with Crippen LogP contribution < -0.4 is 0 Å². The number of aliphatic hydroxyl groups excluding tert-OH is 1. The molecule has 0 heterocycles. The number of fused-ring (bicyclic) bond motifs is 2. The molecule has 170 valence electrons. The van der Waals surface area contributed by atoms with E-state index in [2.05, 4.69) is 13.8 Å². The van der Waals surface area contributed by atoms with Gasteiger partial charge in [0.05, 0.1) is 18.3 Å². The highest BCUT2D eigenvalue weighted by Crippen LogP contribution is 2.61. The first-order chi connectivity index (χ1) is 14.3. The SMILES string of the molecule is CC(=O)OCC(C)C1=C(OC(C)=O)C(=O)C2=C(C1=O)C(O)CC1C(C)(C)CCCC21C. The highest BCUT2D eigenvalue weighted by molar-refractivity contribution is 6.26. The third kappa shape index (κ3) is 3.88. The zero-order valence-corrected chi connectivity index (χ0v) is 19.2. The van der Waals surface area contributed by atoms with Crippen molar-refractivity contribution in [2.75, 3.05) is 6.61 Å². The first-order valence-corrected chi connectivity index (χ1v) is 10.9. The first kappa shape index (κ1) is 23.4. The van der Waals surface area contributed by atoms with E-state index in [0.29, 0.717) is 6.42 Å². The minimum atomic E-state index is -1.07. The monoisotopic (exact) mass is 432 g/mol. The van der Waals surface area contributed by atoms with Crippen molar-refractivity contribution in [2.45, 2.75) is 73.3 Å². The van der Waals surface area contributed by atoms with Gasteiger partial charge in [0.1, 0.15) is 0 Å². The van der Waals surface area contributed by atoms with Crippen LogP contribution in [0, 0.1) is 22.7 Å². The molecule has 4 unspecified atom stereocenters. The first-order valence-electron chi connectivity index (χ1n) is 10.9. The molecule has 0 radical (unpaired) electrons. The van der Waals surface area contributed by atoms with Gasteiger partial charge in [-0.15, -0.1) is 0 Å². The summed E-state index contributed by atoms with van der Waals surface area (Å²) < 4.78 is 10.3. The summed E-state index contributed by atoms with van der Waals surface area (Å²) in [5.41, 5.74) is -0.324. The molecular weight excluding hydrogens is 400 g/mol. The van der Waals surface area contributed by atoms with E-state index in [0.717, 1.165) is 19.3 Å². The Labute approximate surface area is 182 Å². The van der Waals surface area contributed by atoms with Gasteiger partial charge in [-0.3, -0.25) is 19.2 Å². The van der Waals surface area contributed by atoms with Crippen molar-refractivity contribution in [1.82, 2.24) is 0 Å². The molecule has 31 heavy (non-hydrogen) atoms. The lowest BCUT2D eigenvalue weighted by Gasteiger charge is -2.56. The van der Waals surface area contributed by atoms with Crippen LogP contribution in [0.1, 0.15) is 67.2 Å². The number of carbonyl (C=O) groups is 4. The third-order valence-electron chi connectivity index (χ3n) is 7.30. The summed E-state index contributed by atoms with van der Waals surface area (Å²) in [6.07, 6.45) is 1.92. The van der Waals surface area contributed by atoms with Crippen LogP contribution in [0.4, 0.5) is 0 Å². The molecule has 3 aliphatic carbocycles. The third-order valence-corrected chi connectivity index (χ3v) is 7.30. The molecule has 4 atom stereocenters. The van der Waals surface area contributed by atoms with Crippen LogP contribution >= 0.6 is 0 Å². The maximum absolute atomic E-state index is 13.7. The van der Waals surface area contributed by atoms with Crippen molar-refractivity contribution in [1.29, 1.82) is 0 Å². The molecular formula is C24H32O7. The van der Waals surface area contributed by atoms with Crippen LogP contribution in [-0.2, 0) is 28.7 Å². The van der Waals surface area contributed by atoms with E-state index < -0.39 is 40.9 Å². The Morgan fingerprint density at radius 2 is 1.74 bits per heavy atom. The largest absolute Gasteiger partial charge is 0.465 e. The predicted molar refractivity (Wildman–Crippen MR) is 111 cm³/mol. The number of Topliss-reactive ketones (excluding diaryl/α,β-unsaturated/α-hetero) is 2. The van der Waals surface area contributed by atoms with Gasteiger partial charge < -0.3 is 14.6 Å². The van der Waals surface area contributed by atoms with E-state index in [1.165, 1.54) is 13.8 Å². The minimum Gasteiger partial charge on any atom is -0.465 e. The Kier molecular flexibility index (Phi) is 6.04. The fraction of sp³-hybridized carbons (Fsp3) is 0.667. The molecule has 0 amide bonds. The quantitative estimate of drug-likeness (QED) is 0.537. The maximum atomic E-state index is 13.7. The van der Waals surface area contributed by atoms with Gasteiger partial charge in [-0.25, -0.2) is 0 Å². The number of ether oxygens (including phenoxy) is 2. The number of carbonyl (C=O) groups excluding carboxylic acids is 4. The van der Waals surface area contributed by atoms with E-state index >= 15 is 0 Å². The van der Waals surface area contributed by atoms with Gasteiger partial charge in [0.2, 0.25) is 5.78 Å². The van der Waals surface area contributed by atoms with Crippen molar-refractivity contribution in [3.63, 3.8) is 0 Å². The predicted octanol–water partition coefficient (Wildman–Crippen LogP) is 3.05. The summed E-state index contributed by atoms with van der Waals surface area (Å²) >= 11 is 0. The fourth-order valence-electron chi connectivity index (χ4n) is 5.96. The van der Waals surface area contributed by atoms with E-state index in [1.54, 1.807) is 6.92 Å². The van der Waals surface area contributed by atoms with Gasteiger partial charge in [0.15, 0.2) is 11.5 Å². The zero-order chi connectivity index (χ0) is 23.3. The average Bonchev–Trinajstić information content (AvgIpc) is 2.64. The number of hydrogen-bond donors (Lipinski definition) is 1. The Morgan fingerprint density at radius 3 is 2.32 bits per heavy atom. The molecule has 1 saturated carbocycles. The van der Waals surface area contributed by atoms with Crippen LogP contribution in [0.3, 0.4) is 0 Å². The molecule has 7 nitrogen and oxygen atoms in total. The Morgan fingerprint density at radius 1 is 1.10 bits per heavy atom. The second-order valence-electron chi connectivity index (χ2n) is 10.1. The zero-order valence-electron chi connectivity index (χ0n) is 19.2. The maximum Gasteiger partial charge on any atom is 0.308 e. The lowest BCUT2D eigenvalue weighted by atomic mass is 9.48. The number of aliphatic hydroxyl groups is 1. The number of allylic oxidation sites excluding steroid dienone is 1. The van der Waals surface area contributed by atoms with E-state index in [4.69, 9.17) is 9.47 Å². The fourth-order valence-corrected chi connectivity index (χ4v) is 5.96. The number of rotatable bonds is 4. The summed E-state index contributed by atoms with van der Waals surface area (Å²) in [6, 6.07) is 0. The Hall–Kier alpha value is -2.28. The molecule has 7 heteroatoms. The molecule has 1 N–H and O–H groups in total. The topological polar surface area (TPSA) is 107 Å². The van der Waals surface area contributed by atoms with Crippen molar-refractivity contribution in [3.8, 4) is 0 Å². The summed E-state index contributed by atoms with van der Waals surface area (Å²) in [7, 11) is 0. The molecule has 0 spiro atoms. The van der Waals surface area contributed by atoms with Crippen molar-refractivity contribution in [2.24, 2.45) is 22.7 Å². The van der Waals surface area contributed by atoms with Crippen molar-refractivity contribution in [3.05, 3.63) is 22.5 Å². The van der Waals surface area contributed by atoms with Gasteiger partial charge in [-0.1, -0.05) is 34.1 Å². The van der Waals surface area contributed by atoms with E-state index in [-0.39, 0.29) is 40.4 Å². The second-order valence-corrected chi connectivity index (χ2v) is 10.1. The standard InChI is InChI=1S/C24H32O7/c1-12(11-30-13(2)25)17-20(28)18-15(27)10-16-23(4,5)8-7-9-24(16,6)19(18)21(29)22(17)31-14(3)26/h12,15-16,27H,7-11H2,1-6H3. The van der Waals surface area contributed by atoms with Gasteiger partial charge in [-0.2, -0.15) is 0 Å². The number of esters is 2. The van der Waals surface area contributed by atoms with Gasteiger partial charge in [-0.05, 0) is 30.6 Å². The number of ketones is 2. The van der Waals surface area contributed by atoms with E-state index in [1.807, 2.05) is 6.92 Å². The summed E-state index contributed by atoms with van der Waals surface area (Å²) in [4.78, 5) is 50.4. The normalized spacial score (nSPS) is 31.1. The summed E-state index contributed by atoms with van der Waals surface area (Å²) in [5, 5.41) is 11.0. The number of hydrogen-bond acceptors (Lipinski definition) is 7. The molecule has 3 rings (SSSR count). The van der Waals surface area contributed by atoms with Crippen LogP contribution in [0.25, 0.3) is 0 Å². The van der Waals surface area contributed by atoms with Gasteiger partial charge in [0.25, 0.3) is 0 Å². The van der Waals surface area contributed by atoms with Crippen LogP contribution in [-0.4, -0.2) is 41.3 Å². The van der Waals surface area contributed by atoms with E-state index in [9.17, 15) is 24.3 Å². The minimum absolute atomic E-state index is 0.0119.